The number of aromatic nitrogens is 1. The minimum atomic E-state index is -0.344. The normalized spacial score (nSPS) is 16.4. The molecule has 0 N–H and O–H groups in total. The van der Waals surface area contributed by atoms with E-state index in [1.807, 2.05) is 37.4 Å². The number of methoxy groups -OCH3 is 1. The molecular weight excluding hydrogens is 340 g/mol. The van der Waals surface area contributed by atoms with Gasteiger partial charge in [0.2, 0.25) is 5.91 Å². The fourth-order valence-electron chi connectivity index (χ4n) is 3.70. The number of Topliss-reactive ketones (excluding diaryl/α,β-unsaturated/α-hetero) is 1. The molecule has 3 rings (SSSR count). The van der Waals surface area contributed by atoms with E-state index in [-0.39, 0.29) is 17.7 Å². The van der Waals surface area contributed by atoms with Crippen LogP contribution in [0, 0.1) is 6.92 Å². The molecule has 5 nitrogen and oxygen atoms in total. The van der Waals surface area contributed by atoms with E-state index in [9.17, 15) is 9.59 Å². The van der Waals surface area contributed by atoms with Crippen LogP contribution in [0.3, 0.4) is 0 Å². The van der Waals surface area contributed by atoms with Gasteiger partial charge in [0.15, 0.2) is 5.78 Å². The molecule has 1 aliphatic rings. The molecule has 1 aromatic carbocycles. The molecule has 1 unspecified atom stereocenters. The van der Waals surface area contributed by atoms with Crippen molar-refractivity contribution in [3.8, 4) is 5.75 Å². The van der Waals surface area contributed by atoms with Crippen molar-refractivity contribution in [3.05, 3.63) is 59.4 Å². The summed E-state index contributed by atoms with van der Waals surface area (Å²) in [5, 5.41) is 0. The van der Waals surface area contributed by atoms with E-state index in [1.54, 1.807) is 24.3 Å². The van der Waals surface area contributed by atoms with Crippen LogP contribution < -0.4 is 4.74 Å². The SMILES string of the molecule is COc1ccc(C(=O)C2CCCN2C(=O)CCCc2cccnc2)cc1C. The first-order valence-corrected chi connectivity index (χ1v) is 9.47. The van der Waals surface area contributed by atoms with E-state index in [2.05, 4.69) is 4.98 Å². The predicted octanol–water partition coefficient (Wildman–Crippen LogP) is 3.60. The van der Waals surface area contributed by atoms with Crippen LogP contribution in [-0.4, -0.2) is 41.3 Å². The predicted molar refractivity (Wildman–Crippen MR) is 104 cm³/mol. The second kappa shape index (κ2) is 8.80. The number of likely N-dealkylation sites (tertiary alicyclic amines) is 1. The Kier molecular flexibility index (Phi) is 6.22. The minimum Gasteiger partial charge on any atom is -0.496 e. The number of ketones is 1. The molecule has 5 heteroatoms. The Balaban J connectivity index is 1.61. The first kappa shape index (κ1) is 19.1. The number of benzene rings is 1. The van der Waals surface area contributed by atoms with Crippen LogP contribution in [0.15, 0.2) is 42.7 Å². The summed E-state index contributed by atoms with van der Waals surface area (Å²) >= 11 is 0. The summed E-state index contributed by atoms with van der Waals surface area (Å²) in [7, 11) is 1.62. The highest BCUT2D eigenvalue weighted by molar-refractivity contribution is 6.02. The van der Waals surface area contributed by atoms with E-state index in [0.717, 1.165) is 42.6 Å². The molecule has 1 amide bonds. The number of rotatable bonds is 7. The molecule has 0 bridgehead atoms. The summed E-state index contributed by atoms with van der Waals surface area (Å²) in [6.07, 6.45) is 7.24. The zero-order chi connectivity index (χ0) is 19.2. The van der Waals surface area contributed by atoms with Gasteiger partial charge < -0.3 is 9.64 Å². The lowest BCUT2D eigenvalue weighted by Crippen LogP contribution is -2.40. The first-order chi connectivity index (χ1) is 13.1. The van der Waals surface area contributed by atoms with Gasteiger partial charge in [-0.05, 0) is 68.0 Å². The number of hydrogen-bond donors (Lipinski definition) is 0. The Morgan fingerprint density at radius 1 is 1.30 bits per heavy atom. The third kappa shape index (κ3) is 4.54. The number of carbonyl (C=O) groups is 2. The fraction of sp³-hybridized carbons (Fsp3) is 0.409. The number of nitrogens with zero attached hydrogens (tertiary/aromatic N) is 2. The lowest BCUT2D eigenvalue weighted by Gasteiger charge is -2.24. The molecular formula is C22H26N2O3. The van der Waals surface area contributed by atoms with E-state index < -0.39 is 0 Å². The summed E-state index contributed by atoms with van der Waals surface area (Å²) < 4.78 is 5.27. The van der Waals surface area contributed by atoms with E-state index >= 15 is 0 Å². The largest absolute Gasteiger partial charge is 0.496 e. The zero-order valence-corrected chi connectivity index (χ0v) is 16.0. The zero-order valence-electron chi connectivity index (χ0n) is 16.0. The molecule has 0 radical (unpaired) electrons. The maximum Gasteiger partial charge on any atom is 0.223 e. The number of carbonyl (C=O) groups excluding carboxylic acids is 2. The third-order valence-electron chi connectivity index (χ3n) is 5.13. The van der Waals surface area contributed by atoms with Crippen molar-refractivity contribution in [1.82, 2.24) is 9.88 Å². The number of aryl methyl sites for hydroxylation is 2. The molecule has 1 aromatic heterocycles. The van der Waals surface area contributed by atoms with Gasteiger partial charge in [0.05, 0.1) is 13.2 Å². The van der Waals surface area contributed by atoms with Gasteiger partial charge in [-0.15, -0.1) is 0 Å². The second-order valence-electron chi connectivity index (χ2n) is 7.01. The summed E-state index contributed by atoms with van der Waals surface area (Å²) in [6, 6.07) is 9.04. The first-order valence-electron chi connectivity index (χ1n) is 9.47. The Hall–Kier alpha value is -2.69. The number of ether oxygens (including phenoxy) is 1. The summed E-state index contributed by atoms with van der Waals surface area (Å²) in [5.41, 5.74) is 2.71. The van der Waals surface area contributed by atoms with Gasteiger partial charge >= 0.3 is 0 Å². The highest BCUT2D eigenvalue weighted by atomic mass is 16.5. The van der Waals surface area contributed by atoms with Crippen molar-refractivity contribution in [3.63, 3.8) is 0 Å². The summed E-state index contributed by atoms with van der Waals surface area (Å²) in [6.45, 7) is 2.59. The topological polar surface area (TPSA) is 59.5 Å². The summed E-state index contributed by atoms with van der Waals surface area (Å²) in [4.78, 5) is 31.5. The molecule has 0 saturated carbocycles. The molecule has 27 heavy (non-hydrogen) atoms. The van der Waals surface area contributed by atoms with Gasteiger partial charge in [-0.25, -0.2) is 0 Å². The van der Waals surface area contributed by atoms with Crippen LogP contribution in [0.25, 0.3) is 0 Å². The molecule has 0 spiro atoms. The highest BCUT2D eigenvalue weighted by Crippen LogP contribution is 2.25. The van der Waals surface area contributed by atoms with Crippen molar-refractivity contribution in [1.29, 1.82) is 0 Å². The Morgan fingerprint density at radius 3 is 2.85 bits per heavy atom. The maximum atomic E-state index is 13.0. The number of amides is 1. The highest BCUT2D eigenvalue weighted by Gasteiger charge is 2.34. The monoisotopic (exact) mass is 366 g/mol. The van der Waals surface area contributed by atoms with E-state index in [4.69, 9.17) is 4.74 Å². The molecule has 1 saturated heterocycles. The lowest BCUT2D eigenvalue weighted by molar-refractivity contribution is -0.131. The average Bonchev–Trinajstić information content (AvgIpc) is 3.18. The Bertz CT molecular complexity index is 804. The van der Waals surface area contributed by atoms with E-state index in [0.29, 0.717) is 18.5 Å². The van der Waals surface area contributed by atoms with Crippen LogP contribution in [0.5, 0.6) is 5.75 Å². The quantitative estimate of drug-likeness (QED) is 0.703. The lowest BCUT2D eigenvalue weighted by atomic mass is 9.99. The van der Waals surface area contributed by atoms with Crippen molar-refractivity contribution in [2.75, 3.05) is 13.7 Å². The van der Waals surface area contributed by atoms with Crippen LogP contribution in [0.2, 0.25) is 0 Å². The molecule has 2 heterocycles. The summed E-state index contributed by atoms with van der Waals surface area (Å²) in [5.74, 6) is 0.861. The average molecular weight is 366 g/mol. The Morgan fingerprint density at radius 2 is 2.15 bits per heavy atom. The van der Waals surface area contributed by atoms with Crippen LogP contribution in [0.1, 0.15) is 47.2 Å². The van der Waals surface area contributed by atoms with Gasteiger partial charge in [-0.3, -0.25) is 14.6 Å². The molecule has 1 fully saturated rings. The van der Waals surface area contributed by atoms with Crippen LogP contribution in [-0.2, 0) is 11.2 Å². The van der Waals surface area contributed by atoms with Gasteiger partial charge in [-0.2, -0.15) is 0 Å². The molecule has 2 aromatic rings. The molecule has 1 aliphatic heterocycles. The third-order valence-corrected chi connectivity index (χ3v) is 5.13. The Labute approximate surface area is 160 Å². The molecule has 142 valence electrons. The molecule has 1 atom stereocenters. The second-order valence-corrected chi connectivity index (χ2v) is 7.01. The van der Waals surface area contributed by atoms with Crippen molar-refractivity contribution in [2.45, 2.75) is 45.1 Å². The number of hydrogen-bond acceptors (Lipinski definition) is 4. The van der Waals surface area contributed by atoms with E-state index in [1.165, 1.54) is 0 Å². The van der Waals surface area contributed by atoms with Gasteiger partial charge in [0.1, 0.15) is 5.75 Å². The van der Waals surface area contributed by atoms with Crippen molar-refractivity contribution < 1.29 is 14.3 Å². The number of pyridine rings is 1. The van der Waals surface area contributed by atoms with Gasteiger partial charge in [-0.1, -0.05) is 6.07 Å². The smallest absolute Gasteiger partial charge is 0.223 e. The van der Waals surface area contributed by atoms with Crippen molar-refractivity contribution >= 4 is 11.7 Å². The van der Waals surface area contributed by atoms with Crippen molar-refractivity contribution in [2.24, 2.45) is 0 Å². The van der Waals surface area contributed by atoms with Crippen LogP contribution in [0.4, 0.5) is 0 Å². The standard InChI is InChI=1S/C22H26N2O3/c1-16-14-18(10-11-20(16)27-2)22(26)19-8-5-13-24(19)21(25)9-3-6-17-7-4-12-23-15-17/h4,7,10-12,14-15,19H,3,5-6,8-9,13H2,1-2H3. The fourth-order valence-corrected chi connectivity index (χ4v) is 3.70. The van der Waals surface area contributed by atoms with Gasteiger partial charge in [0.25, 0.3) is 0 Å². The van der Waals surface area contributed by atoms with Gasteiger partial charge in [0, 0.05) is 30.9 Å². The van der Waals surface area contributed by atoms with Crippen LogP contribution >= 0.6 is 0 Å². The minimum absolute atomic E-state index is 0.0267. The molecule has 0 aliphatic carbocycles. The maximum absolute atomic E-state index is 13.0.